The fraction of sp³-hybridized carbons (Fsp3) is 0.125. The molecule has 3 aromatic carbocycles. The van der Waals surface area contributed by atoms with Gasteiger partial charge in [0, 0.05) is 10.9 Å². The highest BCUT2D eigenvalue weighted by molar-refractivity contribution is 7.92. The van der Waals surface area contributed by atoms with Crippen LogP contribution in [0, 0.1) is 6.92 Å². The van der Waals surface area contributed by atoms with Crippen molar-refractivity contribution >= 4 is 32.6 Å². The number of nitrogens with one attached hydrogen (secondary N) is 2. The predicted molar refractivity (Wildman–Crippen MR) is 122 cm³/mol. The van der Waals surface area contributed by atoms with Gasteiger partial charge in [0.1, 0.15) is 17.4 Å². The van der Waals surface area contributed by atoms with Gasteiger partial charge in [0.15, 0.2) is 0 Å². The molecule has 0 saturated heterocycles. The van der Waals surface area contributed by atoms with Crippen LogP contribution in [0.3, 0.4) is 0 Å². The molecule has 0 aliphatic rings. The first-order chi connectivity index (χ1) is 14.8. The van der Waals surface area contributed by atoms with E-state index < -0.39 is 16.1 Å². The maximum atomic E-state index is 13.1. The Kier molecular flexibility index (Phi) is 5.52. The molecule has 4 aromatic rings. The lowest BCUT2D eigenvalue weighted by Gasteiger charge is -2.18. The zero-order chi connectivity index (χ0) is 22.0. The Morgan fingerprint density at radius 2 is 1.65 bits per heavy atom. The number of fused-ring (bicyclic) bond motifs is 1. The minimum atomic E-state index is -3.46. The van der Waals surface area contributed by atoms with E-state index in [0.717, 1.165) is 28.4 Å². The second-order valence-corrected chi connectivity index (χ2v) is 9.16. The van der Waals surface area contributed by atoms with Gasteiger partial charge in [-0.15, -0.1) is 0 Å². The van der Waals surface area contributed by atoms with Gasteiger partial charge in [-0.1, -0.05) is 54.6 Å². The fourth-order valence-electron chi connectivity index (χ4n) is 3.40. The minimum absolute atomic E-state index is 0.341. The summed E-state index contributed by atoms with van der Waals surface area (Å²) >= 11 is 0. The Labute approximate surface area is 181 Å². The maximum Gasteiger partial charge on any atom is 0.252 e. The molecular formula is C24H22N2O4S. The van der Waals surface area contributed by atoms with Crippen LogP contribution in [-0.2, 0) is 10.0 Å². The first kappa shape index (κ1) is 20.7. The lowest BCUT2D eigenvalue weighted by Crippen LogP contribution is -2.29. The monoisotopic (exact) mass is 434 g/mol. The number of furan rings is 1. The quantitative estimate of drug-likeness (QED) is 0.463. The molecule has 0 fully saturated rings. The number of anilines is 1. The zero-order valence-electron chi connectivity index (χ0n) is 17.1. The van der Waals surface area contributed by atoms with E-state index in [1.165, 1.54) is 6.07 Å². The third-order valence-electron chi connectivity index (χ3n) is 4.93. The van der Waals surface area contributed by atoms with Crippen LogP contribution >= 0.6 is 0 Å². The van der Waals surface area contributed by atoms with Gasteiger partial charge in [0.05, 0.1) is 11.9 Å². The van der Waals surface area contributed by atoms with Gasteiger partial charge in [-0.3, -0.25) is 9.52 Å². The van der Waals surface area contributed by atoms with Crippen molar-refractivity contribution in [1.82, 2.24) is 5.32 Å². The summed E-state index contributed by atoms with van der Waals surface area (Å²) in [5.41, 5.74) is 3.04. The number of rotatable bonds is 6. The molecule has 6 nitrogen and oxygen atoms in total. The minimum Gasteiger partial charge on any atom is -0.459 e. The lowest BCUT2D eigenvalue weighted by atomic mass is 10.0. The highest BCUT2D eigenvalue weighted by Gasteiger charge is 2.22. The molecular weight excluding hydrogens is 412 g/mol. The summed E-state index contributed by atoms with van der Waals surface area (Å²) in [6, 6.07) is 23.5. The molecule has 31 heavy (non-hydrogen) atoms. The van der Waals surface area contributed by atoms with Gasteiger partial charge in [0.2, 0.25) is 10.0 Å². The van der Waals surface area contributed by atoms with E-state index in [4.69, 9.17) is 4.42 Å². The van der Waals surface area contributed by atoms with Gasteiger partial charge in [0.25, 0.3) is 5.91 Å². The normalized spacial score (nSPS) is 12.5. The van der Waals surface area contributed by atoms with E-state index in [2.05, 4.69) is 10.0 Å². The van der Waals surface area contributed by atoms with Crippen LogP contribution in [0.4, 0.5) is 5.69 Å². The molecule has 0 aliphatic carbocycles. The largest absolute Gasteiger partial charge is 0.459 e. The van der Waals surface area contributed by atoms with E-state index in [1.807, 2.05) is 60.7 Å². The number of benzene rings is 3. The fourth-order valence-corrected chi connectivity index (χ4v) is 4.02. The summed E-state index contributed by atoms with van der Waals surface area (Å²) in [4.78, 5) is 13.1. The van der Waals surface area contributed by atoms with E-state index in [9.17, 15) is 13.2 Å². The molecule has 158 valence electrons. The van der Waals surface area contributed by atoms with E-state index in [1.54, 1.807) is 19.1 Å². The molecule has 7 heteroatoms. The Balaban J connectivity index is 1.69. The van der Waals surface area contributed by atoms with Crippen LogP contribution in [0.2, 0.25) is 0 Å². The van der Waals surface area contributed by atoms with Gasteiger partial charge in [-0.05, 0) is 42.3 Å². The van der Waals surface area contributed by atoms with Crippen molar-refractivity contribution in [1.29, 1.82) is 0 Å². The van der Waals surface area contributed by atoms with Crippen LogP contribution in [0.5, 0.6) is 0 Å². The molecule has 1 amide bonds. The average Bonchev–Trinajstić information content (AvgIpc) is 3.17. The van der Waals surface area contributed by atoms with Crippen molar-refractivity contribution in [2.45, 2.75) is 13.0 Å². The first-order valence-corrected chi connectivity index (χ1v) is 11.6. The number of hydrogen-bond donors (Lipinski definition) is 2. The Hall–Kier alpha value is -3.58. The van der Waals surface area contributed by atoms with E-state index >= 15 is 0 Å². The SMILES string of the molecule is Cc1ccc(C(=O)N[C@@H](c2ccccc2)c2cc3ccccc3o2)cc1NS(C)(=O)=O. The molecule has 0 unspecified atom stereocenters. The Morgan fingerprint density at radius 1 is 0.935 bits per heavy atom. The first-order valence-electron chi connectivity index (χ1n) is 9.73. The summed E-state index contributed by atoms with van der Waals surface area (Å²) in [6.45, 7) is 1.77. The summed E-state index contributed by atoms with van der Waals surface area (Å²) < 4.78 is 31.8. The number of carbonyl (C=O) groups excluding carboxylic acids is 1. The molecule has 0 bridgehead atoms. The van der Waals surface area contributed by atoms with E-state index in [0.29, 0.717) is 17.0 Å². The van der Waals surface area contributed by atoms with Crippen molar-refractivity contribution in [3.63, 3.8) is 0 Å². The second-order valence-electron chi connectivity index (χ2n) is 7.41. The maximum absolute atomic E-state index is 13.1. The number of sulfonamides is 1. The second kappa shape index (κ2) is 8.28. The number of hydrogen-bond acceptors (Lipinski definition) is 4. The topological polar surface area (TPSA) is 88.4 Å². The number of aryl methyl sites for hydroxylation is 1. The van der Waals surface area contributed by atoms with Crippen molar-refractivity contribution in [3.05, 3.63) is 101 Å². The zero-order valence-corrected chi connectivity index (χ0v) is 17.9. The molecule has 4 rings (SSSR count). The molecule has 1 aromatic heterocycles. The highest BCUT2D eigenvalue weighted by atomic mass is 32.2. The van der Waals surface area contributed by atoms with Gasteiger partial charge >= 0.3 is 0 Å². The molecule has 0 radical (unpaired) electrons. The Morgan fingerprint density at radius 3 is 2.35 bits per heavy atom. The third kappa shape index (κ3) is 4.78. The van der Waals surface area contributed by atoms with Crippen molar-refractivity contribution in [2.24, 2.45) is 0 Å². The van der Waals surface area contributed by atoms with Crippen molar-refractivity contribution < 1.29 is 17.6 Å². The standard InChI is InChI=1S/C24H22N2O4S/c1-16-12-13-19(14-20(16)26-31(2,28)29)24(27)25-23(17-8-4-3-5-9-17)22-15-18-10-6-7-11-21(18)30-22/h3-15,23,26H,1-2H3,(H,25,27)/t23-/m0/s1. The summed E-state index contributed by atoms with van der Waals surface area (Å²) in [7, 11) is -3.46. The smallest absolute Gasteiger partial charge is 0.252 e. The lowest BCUT2D eigenvalue weighted by molar-refractivity contribution is 0.0939. The van der Waals surface area contributed by atoms with E-state index in [-0.39, 0.29) is 5.91 Å². The average molecular weight is 435 g/mol. The Bertz CT molecular complexity index is 1310. The van der Waals surface area contributed by atoms with Crippen LogP contribution in [0.1, 0.15) is 33.3 Å². The predicted octanol–water partition coefficient (Wildman–Crippen LogP) is 4.63. The van der Waals surface area contributed by atoms with Crippen LogP contribution in [0.15, 0.2) is 83.3 Å². The van der Waals surface area contributed by atoms with Gasteiger partial charge in [-0.25, -0.2) is 8.42 Å². The van der Waals surface area contributed by atoms with Gasteiger partial charge in [-0.2, -0.15) is 0 Å². The molecule has 1 heterocycles. The number of amides is 1. The van der Waals surface area contributed by atoms with Crippen LogP contribution < -0.4 is 10.0 Å². The van der Waals surface area contributed by atoms with Crippen molar-refractivity contribution in [2.75, 3.05) is 11.0 Å². The third-order valence-corrected chi connectivity index (χ3v) is 5.52. The molecule has 0 spiro atoms. The molecule has 0 aliphatic heterocycles. The summed E-state index contributed by atoms with van der Waals surface area (Å²) in [6.07, 6.45) is 1.08. The number of carbonyl (C=O) groups is 1. The molecule has 2 N–H and O–H groups in total. The van der Waals surface area contributed by atoms with Crippen LogP contribution in [-0.4, -0.2) is 20.6 Å². The van der Waals surface area contributed by atoms with Crippen LogP contribution in [0.25, 0.3) is 11.0 Å². The summed E-state index contributed by atoms with van der Waals surface area (Å²) in [5, 5.41) is 3.97. The molecule has 1 atom stereocenters. The van der Waals surface area contributed by atoms with Gasteiger partial charge < -0.3 is 9.73 Å². The highest BCUT2D eigenvalue weighted by Crippen LogP contribution is 2.29. The number of para-hydroxylation sites is 1. The van der Waals surface area contributed by atoms with Crippen molar-refractivity contribution in [3.8, 4) is 0 Å². The molecule has 0 saturated carbocycles. The summed E-state index contributed by atoms with van der Waals surface area (Å²) in [5.74, 6) is 0.271.